The Morgan fingerprint density at radius 1 is 1.24 bits per heavy atom. The third-order valence-corrected chi connectivity index (χ3v) is 4.86. The van der Waals surface area contributed by atoms with Crippen molar-refractivity contribution in [3.05, 3.63) is 59.4 Å². The first-order valence-electron chi connectivity index (χ1n) is 8.74. The maximum absolute atomic E-state index is 11.7. The lowest BCUT2D eigenvalue weighted by Gasteiger charge is -2.37. The lowest BCUT2D eigenvalue weighted by atomic mass is 10.0. The normalized spacial score (nSPS) is 15.0. The number of carbonyl (C=O) groups is 1. The fraction of sp³-hybridized carbons (Fsp3) is 0.400. The second kappa shape index (κ2) is 8.12. The average Bonchev–Trinajstić information content (AvgIpc) is 2.67. The van der Waals surface area contributed by atoms with Crippen LogP contribution in [0.3, 0.4) is 0 Å². The third-order valence-electron chi connectivity index (χ3n) is 4.86. The Bertz CT molecular complexity index is 709. The zero-order chi connectivity index (χ0) is 17.6. The number of hydrogen-bond acceptors (Lipinski definition) is 5. The van der Waals surface area contributed by atoms with Crippen molar-refractivity contribution in [2.75, 3.05) is 25.1 Å². The highest BCUT2D eigenvalue weighted by atomic mass is 16.5. The molecule has 5 heteroatoms. The molecule has 2 aromatic rings. The molecule has 0 aliphatic carbocycles. The van der Waals surface area contributed by atoms with Gasteiger partial charge in [0.1, 0.15) is 0 Å². The van der Waals surface area contributed by atoms with Crippen LogP contribution in [0.1, 0.15) is 34.3 Å². The number of hydrogen-bond donors (Lipinski definition) is 1. The zero-order valence-corrected chi connectivity index (χ0v) is 14.9. The van der Waals surface area contributed by atoms with E-state index in [1.165, 1.54) is 18.2 Å². The number of methoxy groups -OCH3 is 1. The molecule has 1 N–H and O–H groups in total. The summed E-state index contributed by atoms with van der Waals surface area (Å²) in [6, 6.07) is 10.2. The molecule has 1 aliphatic heterocycles. The largest absolute Gasteiger partial charge is 0.465 e. The quantitative estimate of drug-likeness (QED) is 0.849. The summed E-state index contributed by atoms with van der Waals surface area (Å²) in [7, 11) is 1.41. The summed E-state index contributed by atoms with van der Waals surface area (Å²) >= 11 is 0. The number of rotatable bonds is 5. The SMILES string of the molecule is COC(=O)c1ccc(N(Cc2cnccc2C)C2CCNCC2)cc1. The summed E-state index contributed by atoms with van der Waals surface area (Å²) in [5, 5.41) is 3.43. The highest BCUT2D eigenvalue weighted by molar-refractivity contribution is 5.89. The molecule has 0 saturated carbocycles. The van der Waals surface area contributed by atoms with Crippen LogP contribution in [0.25, 0.3) is 0 Å². The summed E-state index contributed by atoms with van der Waals surface area (Å²) in [4.78, 5) is 18.4. The third kappa shape index (κ3) is 4.17. The lowest BCUT2D eigenvalue weighted by molar-refractivity contribution is 0.0601. The predicted molar refractivity (Wildman–Crippen MR) is 98.8 cm³/mol. The molecule has 0 bridgehead atoms. The average molecular weight is 339 g/mol. The van der Waals surface area contributed by atoms with Gasteiger partial charge in [-0.3, -0.25) is 4.98 Å². The molecule has 3 rings (SSSR count). The lowest BCUT2D eigenvalue weighted by Crippen LogP contribution is -2.43. The molecule has 0 amide bonds. The van der Waals surface area contributed by atoms with Gasteiger partial charge in [0, 0.05) is 30.7 Å². The number of anilines is 1. The monoisotopic (exact) mass is 339 g/mol. The molecule has 0 spiro atoms. The summed E-state index contributed by atoms with van der Waals surface area (Å²) < 4.78 is 4.80. The number of carbonyl (C=O) groups excluding carboxylic acids is 1. The van der Waals surface area contributed by atoms with Crippen molar-refractivity contribution < 1.29 is 9.53 Å². The molecule has 1 aliphatic rings. The van der Waals surface area contributed by atoms with Gasteiger partial charge in [-0.1, -0.05) is 0 Å². The number of nitrogens with zero attached hydrogens (tertiary/aromatic N) is 2. The first-order chi connectivity index (χ1) is 12.2. The number of esters is 1. The van der Waals surface area contributed by atoms with Gasteiger partial charge in [-0.05, 0) is 74.3 Å². The Morgan fingerprint density at radius 2 is 1.96 bits per heavy atom. The molecule has 0 atom stereocenters. The van der Waals surface area contributed by atoms with Gasteiger partial charge in [-0.2, -0.15) is 0 Å². The molecule has 25 heavy (non-hydrogen) atoms. The van der Waals surface area contributed by atoms with Gasteiger partial charge in [0.15, 0.2) is 0 Å². The van der Waals surface area contributed by atoms with Gasteiger partial charge in [-0.15, -0.1) is 0 Å². The molecular weight excluding hydrogens is 314 g/mol. The van der Waals surface area contributed by atoms with E-state index >= 15 is 0 Å². The Hall–Kier alpha value is -2.40. The van der Waals surface area contributed by atoms with Gasteiger partial charge in [-0.25, -0.2) is 4.79 Å². The second-order valence-electron chi connectivity index (χ2n) is 6.45. The van der Waals surface area contributed by atoms with E-state index in [4.69, 9.17) is 4.74 Å². The fourth-order valence-corrected chi connectivity index (χ4v) is 3.30. The van der Waals surface area contributed by atoms with Crippen molar-refractivity contribution in [2.45, 2.75) is 32.4 Å². The second-order valence-corrected chi connectivity index (χ2v) is 6.45. The van der Waals surface area contributed by atoms with Crippen molar-refractivity contribution in [2.24, 2.45) is 0 Å². The Kier molecular flexibility index (Phi) is 5.66. The van der Waals surface area contributed by atoms with Crippen LogP contribution in [0.2, 0.25) is 0 Å². The molecule has 1 aromatic carbocycles. The van der Waals surface area contributed by atoms with Gasteiger partial charge >= 0.3 is 5.97 Å². The first-order valence-corrected chi connectivity index (χ1v) is 8.74. The van der Waals surface area contributed by atoms with E-state index in [1.807, 2.05) is 36.7 Å². The molecule has 1 fully saturated rings. The molecule has 0 unspecified atom stereocenters. The van der Waals surface area contributed by atoms with E-state index in [2.05, 4.69) is 28.2 Å². The molecule has 132 valence electrons. The molecular formula is C20H25N3O2. The highest BCUT2D eigenvalue weighted by Gasteiger charge is 2.22. The number of nitrogens with one attached hydrogen (secondary N) is 1. The minimum atomic E-state index is -0.303. The number of benzene rings is 1. The van der Waals surface area contributed by atoms with E-state index in [0.29, 0.717) is 11.6 Å². The first kappa shape index (κ1) is 17.4. The van der Waals surface area contributed by atoms with Gasteiger partial charge < -0.3 is 15.0 Å². The summed E-state index contributed by atoms with van der Waals surface area (Å²) in [5.41, 5.74) is 4.19. The Morgan fingerprint density at radius 3 is 2.60 bits per heavy atom. The number of pyridine rings is 1. The molecule has 0 radical (unpaired) electrons. The number of ether oxygens (including phenoxy) is 1. The smallest absolute Gasteiger partial charge is 0.337 e. The number of aromatic nitrogens is 1. The summed E-state index contributed by atoms with van der Waals surface area (Å²) in [5.74, 6) is -0.303. The van der Waals surface area contributed by atoms with Crippen LogP contribution in [0.15, 0.2) is 42.7 Å². The van der Waals surface area contributed by atoms with Crippen molar-refractivity contribution in [3.8, 4) is 0 Å². The van der Waals surface area contributed by atoms with Crippen molar-refractivity contribution in [1.29, 1.82) is 0 Å². The van der Waals surface area contributed by atoms with E-state index in [-0.39, 0.29) is 5.97 Å². The van der Waals surface area contributed by atoms with Crippen LogP contribution >= 0.6 is 0 Å². The van der Waals surface area contributed by atoms with E-state index in [9.17, 15) is 4.79 Å². The zero-order valence-electron chi connectivity index (χ0n) is 14.9. The van der Waals surface area contributed by atoms with E-state index in [0.717, 1.165) is 38.2 Å². The minimum Gasteiger partial charge on any atom is -0.465 e. The predicted octanol–water partition coefficient (Wildman–Crippen LogP) is 2.94. The minimum absolute atomic E-state index is 0.303. The topological polar surface area (TPSA) is 54.5 Å². The van der Waals surface area contributed by atoms with Gasteiger partial charge in [0.05, 0.1) is 12.7 Å². The maximum Gasteiger partial charge on any atom is 0.337 e. The van der Waals surface area contributed by atoms with Crippen LogP contribution in [0, 0.1) is 6.92 Å². The van der Waals surface area contributed by atoms with Crippen LogP contribution < -0.4 is 10.2 Å². The van der Waals surface area contributed by atoms with Crippen molar-refractivity contribution in [3.63, 3.8) is 0 Å². The van der Waals surface area contributed by atoms with Crippen LogP contribution in [0.5, 0.6) is 0 Å². The van der Waals surface area contributed by atoms with Gasteiger partial charge in [0.2, 0.25) is 0 Å². The van der Waals surface area contributed by atoms with Gasteiger partial charge in [0.25, 0.3) is 0 Å². The summed E-state index contributed by atoms with van der Waals surface area (Å²) in [6.45, 7) is 5.01. The van der Waals surface area contributed by atoms with E-state index < -0.39 is 0 Å². The van der Waals surface area contributed by atoms with Crippen molar-refractivity contribution >= 4 is 11.7 Å². The van der Waals surface area contributed by atoms with E-state index in [1.54, 1.807) is 0 Å². The Labute approximate surface area is 149 Å². The van der Waals surface area contributed by atoms with Crippen LogP contribution in [-0.2, 0) is 11.3 Å². The van der Waals surface area contributed by atoms with Crippen LogP contribution in [-0.4, -0.2) is 37.2 Å². The fourth-order valence-electron chi connectivity index (χ4n) is 3.30. The summed E-state index contributed by atoms with van der Waals surface area (Å²) in [6.07, 6.45) is 6.00. The molecule has 1 saturated heterocycles. The molecule has 1 aromatic heterocycles. The maximum atomic E-state index is 11.7. The van der Waals surface area contributed by atoms with Crippen LogP contribution in [0.4, 0.5) is 5.69 Å². The Balaban J connectivity index is 1.87. The van der Waals surface area contributed by atoms with Crippen molar-refractivity contribution in [1.82, 2.24) is 10.3 Å². The standard InChI is InChI=1S/C20H25N3O2/c1-15-7-10-22-13-17(15)14-23(19-8-11-21-12-9-19)18-5-3-16(4-6-18)20(24)25-2/h3-7,10,13,19,21H,8-9,11-12,14H2,1-2H3. The molecule has 2 heterocycles. The highest BCUT2D eigenvalue weighted by Crippen LogP contribution is 2.25. The number of piperidine rings is 1. The molecule has 5 nitrogen and oxygen atoms in total. The number of aryl methyl sites for hydroxylation is 1.